The van der Waals surface area contributed by atoms with E-state index in [1.807, 2.05) is 0 Å². The second-order valence-electron chi connectivity index (χ2n) is 3.21. The Morgan fingerprint density at radius 3 is 2.61 bits per heavy atom. The van der Waals surface area contributed by atoms with Gasteiger partial charge in [-0.1, -0.05) is 23.2 Å². The Balaban J connectivity index is 2.35. The lowest BCUT2D eigenvalue weighted by Crippen LogP contribution is -2.00. The van der Waals surface area contributed by atoms with E-state index in [0.29, 0.717) is 15.1 Å². The first kappa shape index (κ1) is 13.1. The van der Waals surface area contributed by atoms with Gasteiger partial charge in [-0.25, -0.2) is 14.8 Å². The summed E-state index contributed by atoms with van der Waals surface area (Å²) < 4.78 is 0. The second kappa shape index (κ2) is 5.56. The normalized spacial score (nSPS) is 10.3. The molecule has 2 aromatic rings. The van der Waals surface area contributed by atoms with Crippen molar-refractivity contribution in [1.82, 2.24) is 9.97 Å². The molecule has 2 aromatic heterocycles. The number of halogens is 2. The molecule has 4 nitrogen and oxygen atoms in total. The lowest BCUT2D eigenvalue weighted by molar-refractivity contribution is 0.0692. The third kappa shape index (κ3) is 3.13. The Morgan fingerprint density at radius 2 is 2.00 bits per heavy atom. The molecule has 92 valence electrons. The molecule has 0 amide bonds. The van der Waals surface area contributed by atoms with E-state index >= 15 is 0 Å². The van der Waals surface area contributed by atoms with Gasteiger partial charge < -0.3 is 5.11 Å². The van der Waals surface area contributed by atoms with Crippen LogP contribution in [0.1, 0.15) is 10.4 Å². The van der Waals surface area contributed by atoms with Gasteiger partial charge in [-0.2, -0.15) is 0 Å². The monoisotopic (exact) mass is 300 g/mol. The number of carbonyl (C=O) groups is 1. The number of carboxylic acid groups (broad SMARTS) is 1. The van der Waals surface area contributed by atoms with E-state index in [1.165, 1.54) is 18.3 Å². The zero-order valence-corrected chi connectivity index (χ0v) is 11.1. The molecule has 0 saturated heterocycles. The van der Waals surface area contributed by atoms with Crippen LogP contribution in [-0.2, 0) is 0 Å². The van der Waals surface area contributed by atoms with Crippen LogP contribution in [0.3, 0.4) is 0 Å². The molecule has 0 spiro atoms. The Hall–Kier alpha value is -1.30. The third-order valence-electron chi connectivity index (χ3n) is 1.96. The van der Waals surface area contributed by atoms with E-state index in [-0.39, 0.29) is 10.7 Å². The minimum Gasteiger partial charge on any atom is -0.478 e. The Morgan fingerprint density at radius 1 is 1.22 bits per heavy atom. The van der Waals surface area contributed by atoms with E-state index in [4.69, 9.17) is 28.3 Å². The van der Waals surface area contributed by atoms with Crippen LogP contribution in [0.5, 0.6) is 0 Å². The molecule has 0 bridgehead atoms. The number of aromatic nitrogens is 2. The van der Waals surface area contributed by atoms with Crippen molar-refractivity contribution in [2.24, 2.45) is 0 Å². The van der Waals surface area contributed by atoms with Gasteiger partial charge in [0, 0.05) is 6.20 Å². The van der Waals surface area contributed by atoms with E-state index in [0.717, 1.165) is 11.8 Å². The maximum atomic E-state index is 11.0. The standard InChI is InChI=1S/C11H6Cl2N2O2S/c12-6-1-4-9(14-5-6)18-10-7(11(16)17)2-3-8(13)15-10/h1-5H,(H,16,17). The molecule has 0 atom stereocenters. The van der Waals surface area contributed by atoms with Crippen molar-refractivity contribution < 1.29 is 9.90 Å². The zero-order valence-electron chi connectivity index (χ0n) is 8.80. The molecule has 0 aromatic carbocycles. The van der Waals surface area contributed by atoms with Crippen molar-refractivity contribution in [3.05, 3.63) is 46.2 Å². The van der Waals surface area contributed by atoms with Gasteiger partial charge in [0.25, 0.3) is 0 Å². The fraction of sp³-hybridized carbons (Fsp3) is 0. The molecular formula is C11H6Cl2N2O2S. The molecule has 0 radical (unpaired) electrons. The van der Waals surface area contributed by atoms with Gasteiger partial charge in [-0.3, -0.25) is 0 Å². The van der Waals surface area contributed by atoms with Gasteiger partial charge in [0.2, 0.25) is 0 Å². The van der Waals surface area contributed by atoms with Crippen LogP contribution >= 0.6 is 35.0 Å². The third-order valence-corrected chi connectivity index (χ3v) is 3.35. The zero-order chi connectivity index (χ0) is 13.1. The molecule has 1 N–H and O–H groups in total. The van der Waals surface area contributed by atoms with Crippen LogP contribution in [0.2, 0.25) is 10.2 Å². The van der Waals surface area contributed by atoms with Crippen molar-refractivity contribution in [3.8, 4) is 0 Å². The van der Waals surface area contributed by atoms with Crippen molar-refractivity contribution >= 4 is 40.9 Å². The molecular weight excluding hydrogens is 295 g/mol. The molecule has 0 saturated carbocycles. The summed E-state index contributed by atoms with van der Waals surface area (Å²) in [6.07, 6.45) is 1.48. The number of aromatic carboxylic acids is 1. The summed E-state index contributed by atoms with van der Waals surface area (Å²) in [4.78, 5) is 19.1. The quantitative estimate of drug-likeness (QED) is 0.877. The fourth-order valence-corrected chi connectivity index (χ4v) is 2.34. The molecule has 0 unspecified atom stereocenters. The molecule has 0 fully saturated rings. The topological polar surface area (TPSA) is 63.1 Å². The number of hydrogen-bond acceptors (Lipinski definition) is 4. The summed E-state index contributed by atoms with van der Waals surface area (Å²) in [6.45, 7) is 0. The highest BCUT2D eigenvalue weighted by atomic mass is 35.5. The molecule has 18 heavy (non-hydrogen) atoms. The van der Waals surface area contributed by atoms with Crippen LogP contribution < -0.4 is 0 Å². The second-order valence-corrected chi connectivity index (χ2v) is 5.04. The average molecular weight is 301 g/mol. The average Bonchev–Trinajstić information content (AvgIpc) is 2.32. The molecule has 0 aliphatic heterocycles. The van der Waals surface area contributed by atoms with Gasteiger partial charge in [-0.15, -0.1) is 0 Å². The van der Waals surface area contributed by atoms with Gasteiger partial charge in [0.1, 0.15) is 15.2 Å². The Kier molecular flexibility index (Phi) is 4.06. The summed E-state index contributed by atoms with van der Waals surface area (Å²) in [5.41, 5.74) is 0.0844. The van der Waals surface area contributed by atoms with Crippen molar-refractivity contribution in [2.45, 2.75) is 10.1 Å². The maximum absolute atomic E-state index is 11.0. The van der Waals surface area contributed by atoms with E-state index < -0.39 is 5.97 Å². The first-order chi connectivity index (χ1) is 8.56. The number of carboxylic acids is 1. The van der Waals surface area contributed by atoms with Gasteiger partial charge in [0.05, 0.1) is 10.6 Å². The Bertz CT molecular complexity index is 590. The Labute approximate surface area is 117 Å². The van der Waals surface area contributed by atoms with Crippen LogP contribution in [0.25, 0.3) is 0 Å². The van der Waals surface area contributed by atoms with E-state index in [9.17, 15) is 4.79 Å². The van der Waals surface area contributed by atoms with Crippen LogP contribution in [0, 0.1) is 0 Å². The number of rotatable bonds is 3. The minimum absolute atomic E-state index is 0.0844. The number of nitrogens with zero attached hydrogens (tertiary/aromatic N) is 2. The first-order valence-electron chi connectivity index (χ1n) is 4.75. The highest BCUT2D eigenvalue weighted by Crippen LogP contribution is 2.29. The van der Waals surface area contributed by atoms with Crippen molar-refractivity contribution in [3.63, 3.8) is 0 Å². The van der Waals surface area contributed by atoms with Crippen LogP contribution in [-0.4, -0.2) is 21.0 Å². The molecule has 0 aliphatic carbocycles. The summed E-state index contributed by atoms with van der Waals surface area (Å²) >= 11 is 12.6. The molecule has 2 heterocycles. The number of pyridine rings is 2. The smallest absolute Gasteiger partial charge is 0.338 e. The number of hydrogen-bond donors (Lipinski definition) is 1. The van der Waals surface area contributed by atoms with Gasteiger partial charge in [0.15, 0.2) is 0 Å². The van der Waals surface area contributed by atoms with Crippen molar-refractivity contribution in [2.75, 3.05) is 0 Å². The van der Waals surface area contributed by atoms with Gasteiger partial charge >= 0.3 is 5.97 Å². The minimum atomic E-state index is -1.06. The predicted octanol–water partition coefficient (Wildman–Crippen LogP) is 3.63. The summed E-state index contributed by atoms with van der Waals surface area (Å²) in [6, 6.07) is 6.20. The largest absolute Gasteiger partial charge is 0.478 e. The summed E-state index contributed by atoms with van der Waals surface area (Å²) in [5.74, 6) is -1.06. The molecule has 0 aliphatic rings. The first-order valence-corrected chi connectivity index (χ1v) is 6.33. The summed E-state index contributed by atoms with van der Waals surface area (Å²) in [7, 11) is 0. The molecule has 7 heteroatoms. The maximum Gasteiger partial charge on any atom is 0.338 e. The van der Waals surface area contributed by atoms with Crippen molar-refractivity contribution in [1.29, 1.82) is 0 Å². The van der Waals surface area contributed by atoms with Crippen LogP contribution in [0.15, 0.2) is 40.5 Å². The van der Waals surface area contributed by atoms with Gasteiger partial charge in [-0.05, 0) is 36.0 Å². The lowest BCUT2D eigenvalue weighted by atomic mass is 10.3. The lowest BCUT2D eigenvalue weighted by Gasteiger charge is -2.04. The SMILES string of the molecule is O=C(O)c1ccc(Cl)nc1Sc1ccc(Cl)cn1. The predicted molar refractivity (Wildman–Crippen MR) is 69.6 cm³/mol. The molecule has 2 rings (SSSR count). The van der Waals surface area contributed by atoms with E-state index in [2.05, 4.69) is 9.97 Å². The fourth-order valence-electron chi connectivity index (χ4n) is 1.18. The highest BCUT2D eigenvalue weighted by molar-refractivity contribution is 7.99. The highest BCUT2D eigenvalue weighted by Gasteiger charge is 2.13. The summed E-state index contributed by atoms with van der Waals surface area (Å²) in [5, 5.41) is 10.7. The van der Waals surface area contributed by atoms with Crippen LogP contribution in [0.4, 0.5) is 0 Å². The van der Waals surface area contributed by atoms with E-state index in [1.54, 1.807) is 12.1 Å².